The number of nitrogens with one attached hydrogen (secondary N) is 2. The molecule has 0 aliphatic rings. The maximum absolute atomic E-state index is 12.5. The molecule has 0 aromatic heterocycles. The average Bonchev–Trinajstić information content (AvgIpc) is 2.57. The van der Waals surface area contributed by atoms with E-state index < -0.39 is 18.1 Å². The van der Waals surface area contributed by atoms with E-state index in [0.717, 1.165) is 5.56 Å². The molecule has 0 aliphatic carbocycles. The third kappa shape index (κ3) is 7.83. The second-order valence-corrected chi connectivity index (χ2v) is 6.49. The van der Waals surface area contributed by atoms with Crippen molar-refractivity contribution in [3.05, 3.63) is 35.9 Å². The van der Waals surface area contributed by atoms with Crippen molar-refractivity contribution in [1.82, 2.24) is 10.6 Å². The Morgan fingerprint density at radius 3 is 2.20 bits per heavy atom. The van der Waals surface area contributed by atoms with Gasteiger partial charge in [-0.15, -0.1) is 0 Å². The summed E-state index contributed by atoms with van der Waals surface area (Å²) >= 11 is 0. The molecule has 2 atom stereocenters. The Morgan fingerprint density at radius 1 is 1.04 bits per heavy atom. The van der Waals surface area contributed by atoms with E-state index >= 15 is 0 Å². The summed E-state index contributed by atoms with van der Waals surface area (Å²) in [6.07, 6.45) is 1.56. The first-order valence-corrected chi connectivity index (χ1v) is 8.52. The van der Waals surface area contributed by atoms with Crippen LogP contribution in [0.25, 0.3) is 0 Å². The summed E-state index contributed by atoms with van der Waals surface area (Å²) in [5.41, 5.74) is 1.08. The predicted octanol–water partition coefficient (Wildman–Crippen LogP) is 1.83. The van der Waals surface area contributed by atoms with E-state index in [4.69, 9.17) is 4.74 Å². The first-order valence-electron chi connectivity index (χ1n) is 8.52. The van der Waals surface area contributed by atoms with Crippen molar-refractivity contribution >= 4 is 17.8 Å². The second kappa shape index (κ2) is 10.5. The van der Waals surface area contributed by atoms with Gasteiger partial charge in [-0.3, -0.25) is 9.59 Å². The monoisotopic (exact) mass is 348 g/mol. The molecule has 2 amide bonds. The Kier molecular flexibility index (Phi) is 8.67. The van der Waals surface area contributed by atoms with Crippen molar-refractivity contribution in [1.29, 1.82) is 0 Å². The molecule has 1 rings (SSSR count). The summed E-state index contributed by atoms with van der Waals surface area (Å²) in [6, 6.07) is 8.30. The van der Waals surface area contributed by atoms with E-state index in [1.807, 2.05) is 44.2 Å². The number of carbonyl (C=O) groups is 3. The summed E-state index contributed by atoms with van der Waals surface area (Å²) in [7, 11) is 1.30. The van der Waals surface area contributed by atoms with Crippen molar-refractivity contribution in [2.45, 2.75) is 52.1 Å². The lowest BCUT2D eigenvalue weighted by molar-refractivity contribution is -0.145. The minimum atomic E-state index is -0.749. The molecule has 0 heterocycles. The van der Waals surface area contributed by atoms with Crippen LogP contribution in [0.2, 0.25) is 0 Å². The van der Waals surface area contributed by atoms with Crippen molar-refractivity contribution in [3.63, 3.8) is 0 Å². The van der Waals surface area contributed by atoms with Gasteiger partial charge in [0.1, 0.15) is 12.1 Å². The number of benzene rings is 1. The number of hydrogen-bond donors (Lipinski definition) is 2. The number of esters is 1. The third-order valence-electron chi connectivity index (χ3n) is 3.77. The highest BCUT2D eigenvalue weighted by molar-refractivity contribution is 5.90. The second-order valence-electron chi connectivity index (χ2n) is 6.49. The predicted molar refractivity (Wildman–Crippen MR) is 95.8 cm³/mol. The molecule has 0 unspecified atom stereocenters. The lowest BCUT2D eigenvalue weighted by atomic mass is 10.0. The van der Waals surface area contributed by atoms with Crippen molar-refractivity contribution < 1.29 is 19.1 Å². The van der Waals surface area contributed by atoms with Crippen LogP contribution in [0.5, 0.6) is 0 Å². The molecule has 1 aromatic carbocycles. The van der Waals surface area contributed by atoms with Crippen molar-refractivity contribution in [3.8, 4) is 0 Å². The van der Waals surface area contributed by atoms with Gasteiger partial charge in [-0.1, -0.05) is 44.2 Å². The Hall–Kier alpha value is -2.37. The smallest absolute Gasteiger partial charge is 0.328 e. The van der Waals surface area contributed by atoms with E-state index in [1.165, 1.54) is 14.0 Å². The zero-order chi connectivity index (χ0) is 18.8. The van der Waals surface area contributed by atoms with Gasteiger partial charge in [0.25, 0.3) is 0 Å². The molecule has 0 bridgehead atoms. The highest BCUT2D eigenvalue weighted by atomic mass is 16.5. The van der Waals surface area contributed by atoms with Crippen LogP contribution in [-0.4, -0.2) is 37.0 Å². The van der Waals surface area contributed by atoms with Gasteiger partial charge in [-0.05, 0) is 30.7 Å². The topological polar surface area (TPSA) is 84.5 Å². The van der Waals surface area contributed by atoms with Gasteiger partial charge in [0.2, 0.25) is 11.8 Å². The summed E-state index contributed by atoms with van der Waals surface area (Å²) in [4.78, 5) is 35.9. The van der Waals surface area contributed by atoms with Crippen LogP contribution < -0.4 is 10.6 Å². The minimum Gasteiger partial charge on any atom is -0.467 e. The lowest BCUT2D eigenvalue weighted by Crippen LogP contribution is -2.52. The Bertz CT molecular complexity index is 572. The molecule has 0 saturated carbocycles. The van der Waals surface area contributed by atoms with Crippen LogP contribution in [0.3, 0.4) is 0 Å². The standard InChI is InChI=1S/C19H28N2O4/c1-13(2)12-17(20-14(3)22)18(23)21-16(19(24)25-4)11-10-15-8-6-5-7-9-15/h5-9,13,16-17H,10-12H2,1-4H3,(H,20,22)(H,21,23)/t16-,17-/m0/s1. The molecular formula is C19H28N2O4. The maximum atomic E-state index is 12.5. The van der Waals surface area contributed by atoms with Gasteiger partial charge in [0.05, 0.1) is 7.11 Å². The molecule has 6 nitrogen and oxygen atoms in total. The van der Waals surface area contributed by atoms with Gasteiger partial charge in [-0.25, -0.2) is 4.79 Å². The number of methoxy groups -OCH3 is 1. The number of carbonyl (C=O) groups excluding carboxylic acids is 3. The number of ether oxygens (including phenoxy) is 1. The molecule has 2 N–H and O–H groups in total. The highest BCUT2D eigenvalue weighted by Crippen LogP contribution is 2.09. The SMILES string of the molecule is COC(=O)[C@H](CCc1ccccc1)NC(=O)[C@H](CC(C)C)NC(C)=O. The lowest BCUT2D eigenvalue weighted by Gasteiger charge is -2.23. The fraction of sp³-hybridized carbons (Fsp3) is 0.526. The number of rotatable bonds is 9. The van der Waals surface area contributed by atoms with Crippen LogP contribution >= 0.6 is 0 Å². The fourth-order valence-electron chi connectivity index (χ4n) is 2.57. The number of aryl methyl sites for hydroxylation is 1. The molecule has 0 radical (unpaired) electrons. The Morgan fingerprint density at radius 2 is 1.68 bits per heavy atom. The van der Waals surface area contributed by atoms with Crippen molar-refractivity contribution in [2.24, 2.45) is 5.92 Å². The van der Waals surface area contributed by atoms with Crippen LogP contribution in [0.15, 0.2) is 30.3 Å². The average molecular weight is 348 g/mol. The minimum absolute atomic E-state index is 0.225. The first kappa shape index (κ1) is 20.7. The van der Waals surface area contributed by atoms with Crippen LogP contribution in [-0.2, 0) is 25.5 Å². The van der Waals surface area contributed by atoms with Crippen LogP contribution in [0.1, 0.15) is 39.2 Å². The summed E-state index contributed by atoms with van der Waals surface area (Å²) < 4.78 is 4.80. The van der Waals surface area contributed by atoms with E-state index in [1.54, 1.807) is 0 Å². The molecule has 0 fully saturated rings. The largest absolute Gasteiger partial charge is 0.467 e. The zero-order valence-corrected chi connectivity index (χ0v) is 15.4. The summed E-state index contributed by atoms with van der Waals surface area (Å²) in [5, 5.41) is 5.36. The van der Waals surface area contributed by atoms with Crippen molar-refractivity contribution in [2.75, 3.05) is 7.11 Å². The molecular weight excluding hydrogens is 320 g/mol. The van der Waals surface area contributed by atoms with E-state index in [0.29, 0.717) is 19.3 Å². The van der Waals surface area contributed by atoms with Gasteiger partial charge in [0, 0.05) is 6.92 Å². The van der Waals surface area contributed by atoms with Crippen LogP contribution in [0, 0.1) is 5.92 Å². The van der Waals surface area contributed by atoms with Gasteiger partial charge < -0.3 is 15.4 Å². The number of hydrogen-bond acceptors (Lipinski definition) is 4. The summed E-state index contributed by atoms with van der Waals surface area (Å²) in [6.45, 7) is 5.30. The molecule has 1 aromatic rings. The maximum Gasteiger partial charge on any atom is 0.328 e. The molecule has 25 heavy (non-hydrogen) atoms. The molecule has 0 saturated heterocycles. The summed E-state index contributed by atoms with van der Waals surface area (Å²) in [5.74, 6) is -0.911. The Balaban J connectivity index is 2.75. The molecule has 138 valence electrons. The molecule has 0 spiro atoms. The van der Waals surface area contributed by atoms with Gasteiger partial charge >= 0.3 is 5.97 Å². The van der Waals surface area contributed by atoms with Gasteiger partial charge in [-0.2, -0.15) is 0 Å². The fourth-order valence-corrected chi connectivity index (χ4v) is 2.57. The van der Waals surface area contributed by atoms with E-state index in [2.05, 4.69) is 10.6 Å². The first-order chi connectivity index (χ1) is 11.8. The normalized spacial score (nSPS) is 13.0. The van der Waals surface area contributed by atoms with Crippen LogP contribution in [0.4, 0.5) is 0 Å². The highest BCUT2D eigenvalue weighted by Gasteiger charge is 2.27. The van der Waals surface area contributed by atoms with Gasteiger partial charge in [0.15, 0.2) is 0 Å². The molecule has 0 aliphatic heterocycles. The zero-order valence-electron chi connectivity index (χ0n) is 15.4. The molecule has 6 heteroatoms. The Labute approximate surface area is 149 Å². The third-order valence-corrected chi connectivity index (χ3v) is 3.77. The quantitative estimate of drug-likeness (QED) is 0.667. The number of amides is 2. The van der Waals surface area contributed by atoms with E-state index in [9.17, 15) is 14.4 Å². The van der Waals surface area contributed by atoms with E-state index in [-0.39, 0.29) is 17.7 Å².